The van der Waals surface area contributed by atoms with E-state index in [1.165, 1.54) is 20.4 Å². The molecule has 1 amide bonds. The molecule has 41 heavy (non-hydrogen) atoms. The fraction of sp³-hybridized carbons (Fsp3) is 0.219. The molecule has 0 atom stereocenters. The van der Waals surface area contributed by atoms with Crippen molar-refractivity contribution >= 4 is 28.9 Å². The van der Waals surface area contributed by atoms with E-state index in [1.807, 2.05) is 30.3 Å². The quantitative estimate of drug-likeness (QED) is 0.0731. The molecule has 0 spiro atoms. The van der Waals surface area contributed by atoms with Gasteiger partial charge >= 0.3 is 5.97 Å². The third-order valence-corrected chi connectivity index (χ3v) is 6.10. The van der Waals surface area contributed by atoms with Gasteiger partial charge in [0.15, 0.2) is 18.1 Å². The number of nitrogens with one attached hydrogen (secondary N) is 1. The normalized spacial score (nSPS) is 10.8. The van der Waals surface area contributed by atoms with Gasteiger partial charge in [-0.3, -0.25) is 4.79 Å². The lowest BCUT2D eigenvalue weighted by atomic mass is 10.0. The molecular weight excluding hydrogens is 524 g/mol. The zero-order chi connectivity index (χ0) is 29.0. The lowest BCUT2D eigenvalue weighted by Crippen LogP contribution is -2.24. The molecule has 0 unspecified atom stereocenters. The fourth-order valence-electron chi connectivity index (χ4n) is 3.94. The minimum absolute atomic E-state index is 0.232. The summed E-state index contributed by atoms with van der Waals surface area (Å²) in [5.41, 5.74) is 3.27. The Morgan fingerprint density at radius 1 is 0.829 bits per heavy atom. The molecule has 0 heterocycles. The zero-order valence-corrected chi connectivity index (χ0v) is 23.2. The van der Waals surface area contributed by atoms with Crippen LogP contribution in [0, 0.1) is 0 Å². The highest BCUT2D eigenvalue weighted by Crippen LogP contribution is 2.30. The van der Waals surface area contributed by atoms with Crippen LogP contribution in [-0.2, 0) is 4.79 Å². The van der Waals surface area contributed by atoms with Crippen LogP contribution in [0.15, 0.2) is 84.0 Å². The monoisotopic (exact) mass is 556 g/mol. The van der Waals surface area contributed by atoms with Crippen molar-refractivity contribution in [3.8, 4) is 28.7 Å². The molecule has 0 aliphatic carbocycles. The Bertz CT molecular complexity index is 1520. The van der Waals surface area contributed by atoms with Crippen LogP contribution in [0.5, 0.6) is 28.7 Å². The van der Waals surface area contributed by atoms with Crippen molar-refractivity contribution in [2.24, 2.45) is 5.10 Å². The summed E-state index contributed by atoms with van der Waals surface area (Å²) in [6.07, 6.45) is 3.49. The number of hydrazone groups is 1. The van der Waals surface area contributed by atoms with Gasteiger partial charge in [0, 0.05) is 5.56 Å². The van der Waals surface area contributed by atoms with E-state index >= 15 is 0 Å². The number of hydrogen-bond donors (Lipinski definition) is 1. The number of methoxy groups -OCH3 is 2. The number of carbonyl (C=O) groups excluding carboxylic acids is 2. The number of rotatable bonds is 13. The topological polar surface area (TPSA) is 105 Å². The third kappa shape index (κ3) is 7.76. The van der Waals surface area contributed by atoms with Crippen LogP contribution in [0.25, 0.3) is 10.8 Å². The lowest BCUT2D eigenvalue weighted by Gasteiger charge is -2.12. The van der Waals surface area contributed by atoms with E-state index in [0.717, 1.165) is 29.4 Å². The standard InChI is InChI=1S/C32H32N2O7/c1-4-5-18-39-24-12-14-25(15-13-24)40-21-31(35)34-33-20-27-26-9-7-6-8-22(26)10-16-28(27)41-32(36)23-11-17-29(37-2)30(19-23)38-3/h6-17,19-20H,4-5,18,21H2,1-3H3,(H,34,35)/b33-20-. The van der Waals surface area contributed by atoms with Gasteiger partial charge in [0.05, 0.1) is 32.6 Å². The van der Waals surface area contributed by atoms with Crippen LogP contribution in [0.1, 0.15) is 35.7 Å². The average molecular weight is 557 g/mol. The molecule has 212 valence electrons. The summed E-state index contributed by atoms with van der Waals surface area (Å²) in [5, 5.41) is 5.80. The van der Waals surface area contributed by atoms with Gasteiger partial charge in [-0.15, -0.1) is 0 Å². The van der Waals surface area contributed by atoms with Gasteiger partial charge in [-0.1, -0.05) is 43.7 Å². The number of benzene rings is 4. The van der Waals surface area contributed by atoms with Crippen molar-refractivity contribution in [1.82, 2.24) is 5.43 Å². The zero-order valence-electron chi connectivity index (χ0n) is 23.2. The van der Waals surface area contributed by atoms with Crippen LogP contribution >= 0.6 is 0 Å². The van der Waals surface area contributed by atoms with Gasteiger partial charge in [0.1, 0.15) is 17.2 Å². The molecule has 0 aromatic heterocycles. The predicted molar refractivity (Wildman–Crippen MR) is 157 cm³/mol. The Hall–Kier alpha value is -5.05. The largest absolute Gasteiger partial charge is 0.494 e. The average Bonchev–Trinajstić information content (AvgIpc) is 3.01. The molecule has 4 aromatic rings. The Morgan fingerprint density at radius 3 is 2.27 bits per heavy atom. The molecule has 0 aliphatic heterocycles. The first-order chi connectivity index (χ1) is 20.0. The minimum Gasteiger partial charge on any atom is -0.494 e. The maximum atomic E-state index is 13.0. The van der Waals surface area contributed by atoms with Gasteiger partial charge < -0.3 is 23.7 Å². The van der Waals surface area contributed by atoms with Crippen molar-refractivity contribution in [2.75, 3.05) is 27.4 Å². The van der Waals surface area contributed by atoms with Gasteiger partial charge in [-0.25, -0.2) is 10.2 Å². The summed E-state index contributed by atoms with van der Waals surface area (Å²) in [6.45, 7) is 2.53. The second-order valence-electron chi connectivity index (χ2n) is 8.91. The highest BCUT2D eigenvalue weighted by atomic mass is 16.5. The molecule has 0 fully saturated rings. The molecule has 0 saturated carbocycles. The second kappa shape index (κ2) is 14.4. The van der Waals surface area contributed by atoms with Crippen LogP contribution in [0.2, 0.25) is 0 Å². The van der Waals surface area contributed by atoms with Gasteiger partial charge in [0.25, 0.3) is 5.91 Å². The smallest absolute Gasteiger partial charge is 0.343 e. The Balaban J connectivity index is 1.43. The van der Waals surface area contributed by atoms with Crippen molar-refractivity contribution in [3.05, 3.63) is 90.0 Å². The lowest BCUT2D eigenvalue weighted by molar-refractivity contribution is -0.123. The molecule has 9 nitrogen and oxygen atoms in total. The molecule has 4 rings (SSSR count). The van der Waals surface area contributed by atoms with E-state index < -0.39 is 11.9 Å². The molecular formula is C32H32N2O7. The first-order valence-electron chi connectivity index (χ1n) is 13.2. The second-order valence-corrected chi connectivity index (χ2v) is 8.91. The van der Waals surface area contributed by atoms with Gasteiger partial charge in [-0.2, -0.15) is 5.10 Å². The first-order valence-corrected chi connectivity index (χ1v) is 13.2. The minimum atomic E-state index is -0.588. The molecule has 0 radical (unpaired) electrons. The Morgan fingerprint density at radius 2 is 1.54 bits per heavy atom. The number of amides is 1. The van der Waals surface area contributed by atoms with E-state index in [2.05, 4.69) is 17.5 Å². The van der Waals surface area contributed by atoms with Crippen molar-refractivity contribution < 1.29 is 33.3 Å². The number of ether oxygens (including phenoxy) is 5. The maximum absolute atomic E-state index is 13.0. The number of nitrogens with zero attached hydrogens (tertiary/aromatic N) is 1. The van der Waals surface area contributed by atoms with E-state index in [9.17, 15) is 9.59 Å². The number of unbranched alkanes of at least 4 members (excludes halogenated alkanes) is 1. The van der Waals surface area contributed by atoms with E-state index in [1.54, 1.807) is 48.5 Å². The fourth-order valence-corrected chi connectivity index (χ4v) is 3.94. The first kappa shape index (κ1) is 28.9. The molecule has 4 aromatic carbocycles. The predicted octanol–water partition coefficient (Wildman–Crippen LogP) is 5.78. The highest BCUT2D eigenvalue weighted by molar-refractivity contribution is 6.04. The van der Waals surface area contributed by atoms with Crippen molar-refractivity contribution in [2.45, 2.75) is 19.8 Å². The van der Waals surface area contributed by atoms with Crippen LogP contribution in [0.4, 0.5) is 0 Å². The summed E-state index contributed by atoms with van der Waals surface area (Å²) < 4.78 is 27.5. The summed E-state index contributed by atoms with van der Waals surface area (Å²) in [6, 6.07) is 23.0. The van der Waals surface area contributed by atoms with Crippen LogP contribution in [0.3, 0.4) is 0 Å². The third-order valence-electron chi connectivity index (χ3n) is 6.10. The van der Waals surface area contributed by atoms with Crippen molar-refractivity contribution in [3.63, 3.8) is 0 Å². The Kier molecular flexibility index (Phi) is 10.1. The Labute approximate surface area is 238 Å². The summed E-state index contributed by atoms with van der Waals surface area (Å²) >= 11 is 0. The number of esters is 1. The maximum Gasteiger partial charge on any atom is 0.343 e. The van der Waals surface area contributed by atoms with Crippen LogP contribution < -0.4 is 29.1 Å². The van der Waals surface area contributed by atoms with Gasteiger partial charge in [-0.05, 0) is 65.7 Å². The number of carbonyl (C=O) groups is 2. The molecule has 0 aliphatic rings. The van der Waals surface area contributed by atoms with Crippen molar-refractivity contribution in [1.29, 1.82) is 0 Å². The van der Waals surface area contributed by atoms with Crippen LogP contribution in [-0.4, -0.2) is 45.5 Å². The van der Waals surface area contributed by atoms with Gasteiger partial charge in [0.2, 0.25) is 0 Å². The van der Waals surface area contributed by atoms with E-state index in [4.69, 9.17) is 23.7 Å². The number of fused-ring (bicyclic) bond motifs is 1. The summed E-state index contributed by atoms with van der Waals surface area (Å²) in [5.74, 6) is 1.42. The molecule has 0 bridgehead atoms. The van der Waals surface area contributed by atoms with E-state index in [0.29, 0.717) is 29.4 Å². The van der Waals surface area contributed by atoms with E-state index in [-0.39, 0.29) is 17.9 Å². The summed E-state index contributed by atoms with van der Waals surface area (Å²) in [7, 11) is 3.01. The molecule has 1 N–H and O–H groups in total. The summed E-state index contributed by atoms with van der Waals surface area (Å²) in [4.78, 5) is 25.4. The number of hydrogen-bond acceptors (Lipinski definition) is 8. The molecule has 9 heteroatoms. The SMILES string of the molecule is CCCCOc1ccc(OCC(=O)N/N=C\c2c(OC(=O)c3ccc(OC)c(OC)c3)ccc3ccccc23)cc1. The molecule has 0 saturated heterocycles. The highest BCUT2D eigenvalue weighted by Gasteiger charge is 2.16.